The highest BCUT2D eigenvalue weighted by Crippen LogP contribution is 2.30. The third-order valence-electron chi connectivity index (χ3n) is 6.21. The molecule has 1 aromatic carbocycles. The SMILES string of the molecule is c1ccc(Cn2c(CO[C@H]3CCOC3)nnc2C2CCN(c3ccccn3)CC2)cc1. The number of piperidine rings is 1. The topological polar surface area (TPSA) is 65.3 Å². The number of benzene rings is 1. The van der Waals surface area contributed by atoms with Crippen LogP contribution in [0.15, 0.2) is 54.7 Å². The predicted octanol–water partition coefficient (Wildman–Crippen LogP) is 3.41. The van der Waals surface area contributed by atoms with E-state index in [2.05, 4.69) is 55.0 Å². The first-order chi connectivity index (χ1) is 15.4. The second-order valence-electron chi connectivity index (χ2n) is 8.29. The van der Waals surface area contributed by atoms with Crippen LogP contribution in [0.4, 0.5) is 5.82 Å². The largest absolute Gasteiger partial charge is 0.379 e. The van der Waals surface area contributed by atoms with Crippen molar-refractivity contribution in [2.24, 2.45) is 0 Å². The van der Waals surface area contributed by atoms with E-state index in [1.54, 1.807) is 0 Å². The maximum absolute atomic E-state index is 6.08. The molecule has 0 spiro atoms. The van der Waals surface area contributed by atoms with Gasteiger partial charge in [0, 0.05) is 31.8 Å². The molecule has 2 aromatic heterocycles. The lowest BCUT2D eigenvalue weighted by atomic mass is 9.95. The highest BCUT2D eigenvalue weighted by atomic mass is 16.5. The van der Waals surface area contributed by atoms with Gasteiger partial charge in [0.2, 0.25) is 0 Å². The summed E-state index contributed by atoms with van der Waals surface area (Å²) < 4.78 is 13.8. The molecule has 2 fully saturated rings. The van der Waals surface area contributed by atoms with Crippen molar-refractivity contribution in [2.75, 3.05) is 31.2 Å². The van der Waals surface area contributed by atoms with Gasteiger partial charge in [0.05, 0.1) is 19.3 Å². The van der Waals surface area contributed by atoms with E-state index >= 15 is 0 Å². The van der Waals surface area contributed by atoms with Crippen LogP contribution in [0.3, 0.4) is 0 Å². The minimum absolute atomic E-state index is 0.159. The third-order valence-corrected chi connectivity index (χ3v) is 6.21. The molecule has 0 aliphatic carbocycles. The lowest BCUT2D eigenvalue weighted by Crippen LogP contribution is -2.34. The average molecular weight is 420 g/mol. The number of hydrogen-bond donors (Lipinski definition) is 0. The Morgan fingerprint density at radius 1 is 0.968 bits per heavy atom. The molecule has 0 saturated carbocycles. The fraction of sp³-hybridized carbons (Fsp3) is 0.458. The van der Waals surface area contributed by atoms with Gasteiger partial charge >= 0.3 is 0 Å². The number of anilines is 1. The first kappa shape index (κ1) is 20.2. The molecule has 1 atom stereocenters. The Bertz CT molecular complexity index is 949. The summed E-state index contributed by atoms with van der Waals surface area (Å²) in [5, 5.41) is 9.19. The normalized spacial score (nSPS) is 19.7. The Balaban J connectivity index is 1.32. The van der Waals surface area contributed by atoms with E-state index in [0.29, 0.717) is 19.1 Å². The molecule has 0 amide bonds. The molecule has 31 heavy (non-hydrogen) atoms. The van der Waals surface area contributed by atoms with E-state index in [4.69, 9.17) is 9.47 Å². The van der Waals surface area contributed by atoms with Crippen LogP contribution in [0.25, 0.3) is 0 Å². The van der Waals surface area contributed by atoms with Gasteiger partial charge in [-0.15, -0.1) is 10.2 Å². The van der Waals surface area contributed by atoms with Crippen molar-refractivity contribution in [3.8, 4) is 0 Å². The summed E-state index contributed by atoms with van der Waals surface area (Å²) in [4.78, 5) is 6.87. The molecular formula is C24H29N5O2. The molecule has 0 N–H and O–H groups in total. The fourth-order valence-electron chi connectivity index (χ4n) is 4.44. The van der Waals surface area contributed by atoms with Crippen LogP contribution in [0.5, 0.6) is 0 Å². The second-order valence-corrected chi connectivity index (χ2v) is 8.29. The molecule has 5 rings (SSSR count). The molecule has 4 heterocycles. The van der Waals surface area contributed by atoms with E-state index < -0.39 is 0 Å². The second kappa shape index (κ2) is 9.58. The number of aromatic nitrogens is 4. The van der Waals surface area contributed by atoms with Crippen molar-refractivity contribution < 1.29 is 9.47 Å². The summed E-state index contributed by atoms with van der Waals surface area (Å²) in [5.74, 6) is 3.42. The Morgan fingerprint density at radius 2 is 1.81 bits per heavy atom. The lowest BCUT2D eigenvalue weighted by molar-refractivity contribution is 0.0269. The van der Waals surface area contributed by atoms with Gasteiger partial charge in [-0.3, -0.25) is 0 Å². The Labute approximate surface area is 183 Å². The minimum Gasteiger partial charge on any atom is -0.379 e. The first-order valence-electron chi connectivity index (χ1n) is 11.2. The number of rotatable bonds is 7. The van der Waals surface area contributed by atoms with Gasteiger partial charge in [0.1, 0.15) is 18.2 Å². The van der Waals surface area contributed by atoms with Gasteiger partial charge in [0.15, 0.2) is 5.82 Å². The molecule has 3 aromatic rings. The average Bonchev–Trinajstić information content (AvgIpc) is 3.49. The molecule has 7 nitrogen and oxygen atoms in total. The highest BCUT2D eigenvalue weighted by molar-refractivity contribution is 5.38. The quantitative estimate of drug-likeness (QED) is 0.585. The molecule has 2 aliphatic rings. The van der Waals surface area contributed by atoms with E-state index in [1.165, 1.54) is 5.56 Å². The summed E-state index contributed by atoms with van der Waals surface area (Å²) in [7, 11) is 0. The summed E-state index contributed by atoms with van der Waals surface area (Å²) in [5.41, 5.74) is 1.25. The van der Waals surface area contributed by atoms with Crippen LogP contribution in [0, 0.1) is 0 Å². The summed E-state index contributed by atoms with van der Waals surface area (Å²) >= 11 is 0. The van der Waals surface area contributed by atoms with Gasteiger partial charge in [-0.05, 0) is 37.0 Å². The highest BCUT2D eigenvalue weighted by Gasteiger charge is 2.27. The summed E-state index contributed by atoms with van der Waals surface area (Å²) in [6.45, 7) is 4.65. The van der Waals surface area contributed by atoms with Crippen molar-refractivity contribution in [2.45, 2.75) is 44.4 Å². The maximum Gasteiger partial charge on any atom is 0.159 e. The zero-order chi connectivity index (χ0) is 20.9. The molecule has 0 bridgehead atoms. The molecule has 2 saturated heterocycles. The van der Waals surface area contributed by atoms with Gasteiger partial charge in [-0.25, -0.2) is 4.98 Å². The van der Waals surface area contributed by atoms with Crippen LogP contribution >= 0.6 is 0 Å². The van der Waals surface area contributed by atoms with Gasteiger partial charge in [-0.1, -0.05) is 36.4 Å². The zero-order valence-electron chi connectivity index (χ0n) is 17.8. The van der Waals surface area contributed by atoms with Crippen molar-refractivity contribution in [3.05, 3.63) is 71.9 Å². The predicted molar refractivity (Wildman–Crippen MR) is 118 cm³/mol. The molecule has 7 heteroatoms. The number of hydrogen-bond acceptors (Lipinski definition) is 6. The fourth-order valence-corrected chi connectivity index (χ4v) is 4.44. The Hall–Kier alpha value is -2.77. The van der Waals surface area contributed by atoms with Crippen LogP contribution in [0.2, 0.25) is 0 Å². The van der Waals surface area contributed by atoms with Gasteiger partial charge in [0.25, 0.3) is 0 Å². The Kier molecular flexibility index (Phi) is 6.22. The van der Waals surface area contributed by atoms with Gasteiger partial charge < -0.3 is 18.9 Å². The molecule has 162 valence electrons. The summed E-state index contributed by atoms with van der Waals surface area (Å²) in [6, 6.07) is 16.6. The van der Waals surface area contributed by atoms with Crippen molar-refractivity contribution in [1.29, 1.82) is 0 Å². The monoisotopic (exact) mass is 419 g/mol. The Morgan fingerprint density at radius 3 is 2.55 bits per heavy atom. The molecule has 0 unspecified atom stereocenters. The third kappa shape index (κ3) is 4.78. The van der Waals surface area contributed by atoms with Gasteiger partial charge in [-0.2, -0.15) is 0 Å². The molecule has 0 radical (unpaired) electrons. The number of ether oxygens (including phenoxy) is 2. The minimum atomic E-state index is 0.159. The van der Waals surface area contributed by atoms with Crippen LogP contribution < -0.4 is 4.90 Å². The standard InChI is InChI=1S/C24H29N5O2/c1-2-6-19(7-3-1)16-29-23(18-31-21-11-15-30-17-21)26-27-24(29)20-9-13-28(14-10-20)22-8-4-5-12-25-22/h1-8,12,20-21H,9-11,13-18H2/t21-/m0/s1. The van der Waals surface area contributed by atoms with E-state index in [-0.39, 0.29) is 6.10 Å². The maximum atomic E-state index is 6.08. The molecular weight excluding hydrogens is 390 g/mol. The summed E-state index contributed by atoms with van der Waals surface area (Å²) in [6.07, 6.45) is 5.05. The van der Waals surface area contributed by atoms with Crippen molar-refractivity contribution in [3.63, 3.8) is 0 Å². The lowest BCUT2D eigenvalue weighted by Gasteiger charge is -2.32. The van der Waals surface area contributed by atoms with E-state index in [9.17, 15) is 0 Å². The van der Waals surface area contributed by atoms with Crippen LogP contribution in [-0.4, -0.2) is 52.2 Å². The van der Waals surface area contributed by atoms with E-state index in [1.807, 2.05) is 24.4 Å². The number of nitrogens with zero attached hydrogens (tertiary/aromatic N) is 5. The van der Waals surface area contributed by atoms with Crippen LogP contribution in [0.1, 0.15) is 42.4 Å². The van der Waals surface area contributed by atoms with Crippen molar-refractivity contribution >= 4 is 5.82 Å². The number of pyridine rings is 1. The van der Waals surface area contributed by atoms with Crippen molar-refractivity contribution in [1.82, 2.24) is 19.7 Å². The smallest absolute Gasteiger partial charge is 0.159 e. The van der Waals surface area contributed by atoms with Crippen LogP contribution in [-0.2, 0) is 22.6 Å². The zero-order valence-corrected chi connectivity index (χ0v) is 17.8. The first-order valence-corrected chi connectivity index (χ1v) is 11.2. The van der Waals surface area contributed by atoms with E-state index in [0.717, 1.165) is 63.0 Å². The molecule has 2 aliphatic heterocycles.